The van der Waals surface area contributed by atoms with Gasteiger partial charge in [-0.3, -0.25) is 9.59 Å². The van der Waals surface area contributed by atoms with Crippen molar-refractivity contribution in [3.05, 3.63) is 27.2 Å². The summed E-state index contributed by atoms with van der Waals surface area (Å²) in [6, 6.07) is 2.97. The molecule has 0 spiro atoms. The topological polar surface area (TPSA) is 52.6 Å². The summed E-state index contributed by atoms with van der Waals surface area (Å²) in [5.74, 6) is -1.06. The molecule has 0 aromatic heterocycles. The Hall–Kier alpha value is -0.970. The minimum Gasteiger partial charge on any atom is -0.466 e. The summed E-state index contributed by atoms with van der Waals surface area (Å²) >= 11 is 17.6. The van der Waals surface area contributed by atoms with Gasteiger partial charge in [0.1, 0.15) is 5.02 Å². The van der Waals surface area contributed by atoms with Crippen LogP contribution in [0, 0.1) is 0 Å². The molecule has 0 saturated heterocycles. The van der Waals surface area contributed by atoms with Gasteiger partial charge in [0.05, 0.1) is 29.5 Å². The summed E-state index contributed by atoms with van der Waals surface area (Å²) in [7, 11) is 0. The minimum atomic E-state index is -0.628. The van der Waals surface area contributed by atoms with Crippen LogP contribution in [-0.2, 0) is 14.3 Å². The Kier molecular flexibility index (Phi) is 8.61. The average molecular weight is 368 g/mol. The molecule has 0 bridgehead atoms. The molecule has 0 aliphatic heterocycles. The predicted molar refractivity (Wildman–Crippen MR) is 86.8 cm³/mol. The van der Waals surface area contributed by atoms with Crippen molar-refractivity contribution in [3.8, 4) is 5.75 Å². The molecule has 4 nitrogen and oxygen atoms in total. The molecule has 0 amide bonds. The highest BCUT2D eigenvalue weighted by Gasteiger charge is 2.16. The molecule has 0 fully saturated rings. The van der Waals surface area contributed by atoms with Gasteiger partial charge in [0.25, 0.3) is 0 Å². The van der Waals surface area contributed by atoms with Gasteiger partial charge in [0, 0.05) is 0 Å². The third-order valence-electron chi connectivity index (χ3n) is 2.76. The molecule has 0 unspecified atom stereocenters. The fourth-order valence-corrected chi connectivity index (χ4v) is 2.18. The SMILES string of the molecule is CCCCCOC(=O)CCC(=O)Oc1c(Cl)ccc(Cl)c1Cl. The molecule has 0 radical (unpaired) electrons. The number of hydrogen-bond acceptors (Lipinski definition) is 4. The normalized spacial score (nSPS) is 10.4. The Balaban J connectivity index is 2.41. The fraction of sp³-hybridized carbons (Fsp3) is 0.467. The molecule has 1 aromatic carbocycles. The number of carbonyl (C=O) groups excluding carboxylic acids is 2. The van der Waals surface area contributed by atoms with Gasteiger partial charge in [-0.05, 0) is 18.6 Å². The molecule has 0 heterocycles. The lowest BCUT2D eigenvalue weighted by atomic mass is 10.3. The van der Waals surface area contributed by atoms with Crippen molar-refractivity contribution in [2.45, 2.75) is 39.0 Å². The van der Waals surface area contributed by atoms with Crippen molar-refractivity contribution in [1.29, 1.82) is 0 Å². The lowest BCUT2D eigenvalue weighted by Crippen LogP contribution is -2.13. The van der Waals surface area contributed by atoms with Gasteiger partial charge < -0.3 is 9.47 Å². The van der Waals surface area contributed by atoms with E-state index in [9.17, 15) is 9.59 Å². The monoisotopic (exact) mass is 366 g/mol. The molecular weight excluding hydrogens is 351 g/mol. The highest BCUT2D eigenvalue weighted by molar-refractivity contribution is 6.44. The van der Waals surface area contributed by atoms with E-state index in [2.05, 4.69) is 6.92 Å². The van der Waals surface area contributed by atoms with Gasteiger partial charge in [-0.15, -0.1) is 0 Å². The highest BCUT2D eigenvalue weighted by atomic mass is 35.5. The predicted octanol–water partition coefficient (Wildman–Crippen LogP) is 5.07. The van der Waals surface area contributed by atoms with Crippen molar-refractivity contribution >= 4 is 46.7 Å². The zero-order valence-corrected chi connectivity index (χ0v) is 14.4. The zero-order chi connectivity index (χ0) is 16.5. The first-order chi connectivity index (χ1) is 10.5. The zero-order valence-electron chi connectivity index (χ0n) is 12.2. The van der Waals surface area contributed by atoms with Crippen molar-refractivity contribution in [3.63, 3.8) is 0 Å². The maximum absolute atomic E-state index is 11.7. The molecule has 22 heavy (non-hydrogen) atoms. The molecule has 1 aromatic rings. The van der Waals surface area contributed by atoms with E-state index in [0.29, 0.717) is 6.61 Å². The molecule has 0 atom stereocenters. The second-order valence-corrected chi connectivity index (χ2v) is 5.77. The first-order valence-corrected chi connectivity index (χ1v) is 8.09. The largest absolute Gasteiger partial charge is 0.466 e. The van der Waals surface area contributed by atoms with E-state index in [4.69, 9.17) is 44.3 Å². The lowest BCUT2D eigenvalue weighted by molar-refractivity contribution is -0.147. The molecule has 122 valence electrons. The molecule has 0 N–H and O–H groups in total. The highest BCUT2D eigenvalue weighted by Crippen LogP contribution is 2.38. The van der Waals surface area contributed by atoms with E-state index in [1.54, 1.807) is 0 Å². The molecule has 1 rings (SSSR count). The lowest BCUT2D eigenvalue weighted by Gasteiger charge is -2.09. The van der Waals surface area contributed by atoms with E-state index >= 15 is 0 Å². The Bertz CT molecular complexity index is 532. The minimum absolute atomic E-state index is 0.00264. The van der Waals surface area contributed by atoms with Gasteiger partial charge >= 0.3 is 11.9 Å². The molecule has 7 heteroatoms. The average Bonchev–Trinajstić information content (AvgIpc) is 2.50. The van der Waals surface area contributed by atoms with E-state index in [-0.39, 0.29) is 33.7 Å². The van der Waals surface area contributed by atoms with Gasteiger partial charge in [-0.2, -0.15) is 0 Å². The van der Waals surface area contributed by atoms with E-state index in [0.717, 1.165) is 19.3 Å². The first kappa shape index (κ1) is 19.1. The maximum atomic E-state index is 11.7. The molecule has 0 aliphatic carbocycles. The van der Waals surface area contributed by atoms with Crippen molar-refractivity contribution in [2.24, 2.45) is 0 Å². The van der Waals surface area contributed by atoms with Gasteiger partial charge in [-0.25, -0.2) is 0 Å². The Morgan fingerprint density at radius 1 is 1.00 bits per heavy atom. The smallest absolute Gasteiger partial charge is 0.311 e. The summed E-state index contributed by atoms with van der Waals surface area (Å²) < 4.78 is 10.0. The number of rotatable bonds is 8. The van der Waals surface area contributed by atoms with Crippen LogP contribution < -0.4 is 4.74 Å². The van der Waals surface area contributed by atoms with Crippen molar-refractivity contribution in [2.75, 3.05) is 6.61 Å². The van der Waals surface area contributed by atoms with Crippen LogP contribution in [0.1, 0.15) is 39.0 Å². The molecule has 0 saturated carbocycles. The fourth-order valence-electron chi connectivity index (χ4n) is 1.58. The van der Waals surface area contributed by atoms with Gasteiger partial charge in [0.2, 0.25) is 0 Å². The number of halogens is 3. The van der Waals surface area contributed by atoms with Crippen LogP contribution in [0.3, 0.4) is 0 Å². The van der Waals surface area contributed by atoms with Crippen LogP contribution >= 0.6 is 34.8 Å². The van der Waals surface area contributed by atoms with Crippen LogP contribution in [0.2, 0.25) is 15.1 Å². The van der Waals surface area contributed by atoms with Crippen molar-refractivity contribution < 1.29 is 19.1 Å². The van der Waals surface area contributed by atoms with E-state index in [1.807, 2.05) is 0 Å². The third kappa shape index (κ3) is 6.42. The standard InChI is InChI=1S/C15H17Cl3O4/c1-2-3-4-9-21-12(19)7-8-13(20)22-15-11(17)6-5-10(16)14(15)18/h5-6H,2-4,7-9H2,1H3. The van der Waals surface area contributed by atoms with Crippen LogP contribution in [-0.4, -0.2) is 18.5 Å². The molecule has 0 aliphatic rings. The summed E-state index contributed by atoms with van der Waals surface area (Å²) in [6.07, 6.45) is 2.69. The number of ether oxygens (including phenoxy) is 2. The molecular formula is C15H17Cl3O4. The Morgan fingerprint density at radius 2 is 1.64 bits per heavy atom. The number of benzene rings is 1. The van der Waals surface area contributed by atoms with Crippen LogP contribution in [0.5, 0.6) is 5.75 Å². The summed E-state index contributed by atoms with van der Waals surface area (Å²) in [5.41, 5.74) is 0. The Morgan fingerprint density at radius 3 is 2.32 bits per heavy atom. The second-order valence-electron chi connectivity index (χ2n) is 4.57. The number of unbranched alkanes of at least 4 members (excludes halogenated alkanes) is 2. The van der Waals surface area contributed by atoms with E-state index in [1.165, 1.54) is 12.1 Å². The van der Waals surface area contributed by atoms with Crippen LogP contribution in [0.25, 0.3) is 0 Å². The van der Waals surface area contributed by atoms with E-state index < -0.39 is 11.9 Å². The quantitative estimate of drug-likeness (QED) is 0.279. The Labute approximate surface area is 144 Å². The second kappa shape index (κ2) is 9.93. The first-order valence-electron chi connectivity index (χ1n) is 6.95. The van der Waals surface area contributed by atoms with Crippen molar-refractivity contribution in [1.82, 2.24) is 0 Å². The summed E-state index contributed by atoms with van der Waals surface area (Å²) in [4.78, 5) is 23.2. The maximum Gasteiger partial charge on any atom is 0.311 e. The number of carbonyl (C=O) groups is 2. The van der Waals surface area contributed by atoms with Gasteiger partial charge in [-0.1, -0.05) is 54.6 Å². The number of hydrogen-bond donors (Lipinski definition) is 0. The van der Waals surface area contributed by atoms with Gasteiger partial charge in [0.15, 0.2) is 5.75 Å². The summed E-state index contributed by atoms with van der Waals surface area (Å²) in [6.45, 7) is 2.43. The van der Waals surface area contributed by atoms with Crippen LogP contribution in [0.15, 0.2) is 12.1 Å². The van der Waals surface area contributed by atoms with Crippen LogP contribution in [0.4, 0.5) is 0 Å². The third-order valence-corrected chi connectivity index (χ3v) is 3.85. The number of esters is 2. The summed E-state index contributed by atoms with van der Waals surface area (Å²) in [5, 5.41) is 0.457.